The van der Waals surface area contributed by atoms with E-state index in [0.717, 1.165) is 17.7 Å². The first-order valence-corrected chi connectivity index (χ1v) is 6.87. The third kappa shape index (κ3) is 5.41. The second-order valence-corrected chi connectivity index (χ2v) is 5.28. The van der Waals surface area contributed by atoms with Crippen molar-refractivity contribution in [3.05, 3.63) is 29.3 Å². The van der Waals surface area contributed by atoms with Crippen LogP contribution in [0, 0.1) is 6.92 Å². The van der Waals surface area contributed by atoms with Crippen molar-refractivity contribution in [1.82, 2.24) is 5.32 Å². The molecule has 0 aromatic heterocycles. The molecular weight excluding hydrogens is 265 g/mol. The van der Waals surface area contributed by atoms with Crippen LogP contribution in [0.15, 0.2) is 18.2 Å². The first-order valence-electron chi connectivity index (χ1n) is 6.87. The zero-order valence-corrected chi connectivity index (χ0v) is 12.5. The predicted octanol–water partition coefficient (Wildman–Crippen LogP) is 3.88. The standard InChI is InChI=1S/C15H23F3N2/c1-5-20(10-15(16,17)18)14-7-6-13(12(4)8-14)9-19-11(2)3/h6-8,11,19H,5,9-10H2,1-4H3. The molecular formula is C15H23F3N2. The van der Waals surface area contributed by atoms with Crippen LogP contribution < -0.4 is 10.2 Å². The van der Waals surface area contributed by atoms with Gasteiger partial charge in [0.2, 0.25) is 0 Å². The van der Waals surface area contributed by atoms with E-state index < -0.39 is 12.7 Å². The molecule has 0 bridgehead atoms. The van der Waals surface area contributed by atoms with Gasteiger partial charge in [-0.15, -0.1) is 0 Å². The van der Waals surface area contributed by atoms with E-state index >= 15 is 0 Å². The summed E-state index contributed by atoms with van der Waals surface area (Å²) in [5.74, 6) is 0. The molecule has 1 aromatic carbocycles. The Morgan fingerprint density at radius 1 is 1.25 bits per heavy atom. The Kier molecular flexibility index (Phi) is 5.87. The molecule has 0 amide bonds. The van der Waals surface area contributed by atoms with Crippen molar-refractivity contribution in [3.8, 4) is 0 Å². The molecule has 0 unspecified atom stereocenters. The number of aryl methyl sites for hydroxylation is 1. The van der Waals surface area contributed by atoms with Crippen molar-refractivity contribution in [2.45, 2.75) is 46.5 Å². The minimum Gasteiger partial charge on any atom is -0.363 e. The molecule has 1 N–H and O–H groups in total. The number of anilines is 1. The second kappa shape index (κ2) is 6.97. The van der Waals surface area contributed by atoms with Crippen LogP contribution in [-0.2, 0) is 6.54 Å². The molecule has 0 fully saturated rings. The number of nitrogens with zero attached hydrogens (tertiary/aromatic N) is 1. The highest BCUT2D eigenvalue weighted by Crippen LogP contribution is 2.24. The molecule has 1 rings (SSSR count). The van der Waals surface area contributed by atoms with Crippen molar-refractivity contribution in [2.24, 2.45) is 0 Å². The summed E-state index contributed by atoms with van der Waals surface area (Å²) in [6.45, 7) is 7.94. The fourth-order valence-corrected chi connectivity index (χ4v) is 1.99. The number of halogens is 3. The number of benzene rings is 1. The Bertz CT molecular complexity index is 428. The zero-order chi connectivity index (χ0) is 15.3. The molecule has 0 heterocycles. The van der Waals surface area contributed by atoms with E-state index in [-0.39, 0.29) is 0 Å². The zero-order valence-electron chi connectivity index (χ0n) is 12.5. The highest BCUT2D eigenvalue weighted by atomic mass is 19.4. The average Bonchev–Trinajstić information content (AvgIpc) is 2.33. The largest absolute Gasteiger partial charge is 0.405 e. The molecule has 114 valence electrons. The first kappa shape index (κ1) is 16.8. The van der Waals surface area contributed by atoms with Gasteiger partial charge in [0, 0.05) is 24.8 Å². The van der Waals surface area contributed by atoms with Crippen LogP contribution in [-0.4, -0.2) is 25.3 Å². The molecule has 0 radical (unpaired) electrons. The van der Waals surface area contributed by atoms with Gasteiger partial charge in [-0.05, 0) is 37.1 Å². The number of rotatable bonds is 6. The van der Waals surface area contributed by atoms with Gasteiger partial charge in [0.1, 0.15) is 6.54 Å². The van der Waals surface area contributed by atoms with Gasteiger partial charge in [0.15, 0.2) is 0 Å². The van der Waals surface area contributed by atoms with Crippen LogP contribution in [0.1, 0.15) is 31.9 Å². The number of hydrogen-bond acceptors (Lipinski definition) is 2. The maximum absolute atomic E-state index is 12.5. The van der Waals surface area contributed by atoms with Gasteiger partial charge in [0.05, 0.1) is 0 Å². The Balaban J connectivity index is 2.84. The highest BCUT2D eigenvalue weighted by Gasteiger charge is 2.30. The average molecular weight is 288 g/mol. The fraction of sp³-hybridized carbons (Fsp3) is 0.600. The number of nitrogens with one attached hydrogen (secondary N) is 1. The normalized spacial score (nSPS) is 12.0. The van der Waals surface area contributed by atoms with Gasteiger partial charge in [0.25, 0.3) is 0 Å². The Labute approximate surface area is 119 Å². The van der Waals surface area contributed by atoms with Gasteiger partial charge in [-0.3, -0.25) is 0 Å². The van der Waals surface area contributed by atoms with Crippen molar-refractivity contribution >= 4 is 5.69 Å². The smallest absolute Gasteiger partial charge is 0.363 e. The highest BCUT2D eigenvalue weighted by molar-refractivity contribution is 5.51. The van der Waals surface area contributed by atoms with Crippen LogP contribution >= 0.6 is 0 Å². The fourth-order valence-electron chi connectivity index (χ4n) is 1.99. The van der Waals surface area contributed by atoms with Gasteiger partial charge in [-0.2, -0.15) is 13.2 Å². The molecule has 20 heavy (non-hydrogen) atoms. The molecule has 0 atom stereocenters. The van der Waals surface area contributed by atoms with E-state index in [1.807, 2.05) is 19.1 Å². The van der Waals surface area contributed by atoms with Gasteiger partial charge >= 0.3 is 6.18 Å². The summed E-state index contributed by atoms with van der Waals surface area (Å²) < 4.78 is 37.5. The predicted molar refractivity (Wildman–Crippen MR) is 77.1 cm³/mol. The van der Waals surface area contributed by atoms with E-state index in [1.165, 1.54) is 4.90 Å². The lowest BCUT2D eigenvalue weighted by molar-refractivity contribution is -0.119. The van der Waals surface area contributed by atoms with Gasteiger partial charge in [-0.25, -0.2) is 0 Å². The molecule has 0 aliphatic rings. The van der Waals surface area contributed by atoms with Crippen molar-refractivity contribution in [2.75, 3.05) is 18.0 Å². The van der Waals surface area contributed by atoms with E-state index in [1.54, 1.807) is 13.0 Å². The molecule has 0 saturated heterocycles. The van der Waals surface area contributed by atoms with Crippen LogP contribution in [0.2, 0.25) is 0 Å². The molecule has 0 aliphatic carbocycles. The Morgan fingerprint density at radius 2 is 1.90 bits per heavy atom. The van der Waals surface area contributed by atoms with E-state index in [9.17, 15) is 13.2 Å². The molecule has 0 spiro atoms. The summed E-state index contributed by atoms with van der Waals surface area (Å²) in [6, 6.07) is 5.87. The summed E-state index contributed by atoms with van der Waals surface area (Å²) in [4.78, 5) is 1.34. The molecule has 0 saturated carbocycles. The third-order valence-electron chi connectivity index (χ3n) is 3.14. The van der Waals surface area contributed by atoms with Gasteiger partial charge in [-0.1, -0.05) is 19.9 Å². The van der Waals surface area contributed by atoms with E-state index in [4.69, 9.17) is 0 Å². The van der Waals surface area contributed by atoms with Crippen LogP contribution in [0.25, 0.3) is 0 Å². The maximum Gasteiger partial charge on any atom is 0.405 e. The van der Waals surface area contributed by atoms with E-state index in [0.29, 0.717) is 18.3 Å². The summed E-state index contributed by atoms with van der Waals surface area (Å²) >= 11 is 0. The van der Waals surface area contributed by atoms with Crippen LogP contribution in [0.3, 0.4) is 0 Å². The number of alkyl halides is 3. The monoisotopic (exact) mass is 288 g/mol. The van der Waals surface area contributed by atoms with Crippen LogP contribution in [0.4, 0.5) is 18.9 Å². The van der Waals surface area contributed by atoms with Gasteiger partial charge < -0.3 is 10.2 Å². The quantitative estimate of drug-likeness (QED) is 0.854. The first-order chi connectivity index (χ1) is 9.23. The SMILES string of the molecule is CCN(CC(F)(F)F)c1ccc(CNC(C)C)c(C)c1. The lowest BCUT2D eigenvalue weighted by Crippen LogP contribution is -2.34. The van der Waals surface area contributed by atoms with Crippen LogP contribution in [0.5, 0.6) is 0 Å². The Hall–Kier alpha value is -1.23. The lowest BCUT2D eigenvalue weighted by Gasteiger charge is -2.25. The topological polar surface area (TPSA) is 15.3 Å². The molecule has 0 aliphatic heterocycles. The van der Waals surface area contributed by atoms with E-state index in [2.05, 4.69) is 19.2 Å². The second-order valence-electron chi connectivity index (χ2n) is 5.28. The maximum atomic E-state index is 12.5. The summed E-state index contributed by atoms with van der Waals surface area (Å²) in [7, 11) is 0. The van der Waals surface area contributed by atoms with Crippen molar-refractivity contribution in [3.63, 3.8) is 0 Å². The number of hydrogen-bond donors (Lipinski definition) is 1. The minimum absolute atomic E-state index is 0.336. The van der Waals surface area contributed by atoms with Crippen molar-refractivity contribution in [1.29, 1.82) is 0 Å². The summed E-state index contributed by atoms with van der Waals surface area (Å²) in [5.41, 5.74) is 2.75. The molecule has 5 heteroatoms. The molecule has 1 aromatic rings. The summed E-state index contributed by atoms with van der Waals surface area (Å²) in [5, 5.41) is 3.31. The van der Waals surface area contributed by atoms with Crippen molar-refractivity contribution < 1.29 is 13.2 Å². The molecule has 2 nitrogen and oxygen atoms in total. The summed E-state index contributed by atoms with van der Waals surface area (Å²) in [6.07, 6.45) is -4.18. The minimum atomic E-state index is -4.18. The Morgan fingerprint density at radius 3 is 2.35 bits per heavy atom. The lowest BCUT2D eigenvalue weighted by atomic mass is 10.1. The third-order valence-corrected chi connectivity index (χ3v) is 3.14.